The van der Waals surface area contributed by atoms with Crippen LogP contribution in [0.25, 0.3) is 10.9 Å². The van der Waals surface area contributed by atoms with Crippen LogP contribution in [-0.4, -0.2) is 10.2 Å². The molecule has 1 heterocycles. The normalized spacial score (nSPS) is 12.3. The van der Waals surface area contributed by atoms with E-state index >= 15 is 0 Å². The van der Waals surface area contributed by atoms with Crippen LogP contribution >= 0.6 is 38.5 Å². The number of aromatic nitrogens is 2. The zero-order valence-electron chi connectivity index (χ0n) is 6.99. The molecule has 0 amide bonds. The molecule has 0 aliphatic rings. The van der Waals surface area contributed by atoms with Crippen molar-refractivity contribution in [3.63, 3.8) is 0 Å². The van der Waals surface area contributed by atoms with E-state index < -0.39 is 11.7 Å². The molecule has 0 fully saturated rings. The van der Waals surface area contributed by atoms with Crippen molar-refractivity contribution in [3.8, 4) is 0 Å². The fourth-order valence-corrected chi connectivity index (χ4v) is 2.43. The highest BCUT2D eigenvalue weighted by molar-refractivity contribution is 14.1. The monoisotopic (exact) mass is 390 g/mol. The summed E-state index contributed by atoms with van der Waals surface area (Å²) in [6.45, 7) is 0. The van der Waals surface area contributed by atoms with Gasteiger partial charge in [0.1, 0.15) is 3.70 Å². The summed E-state index contributed by atoms with van der Waals surface area (Å²) in [5.41, 5.74) is -0.369. The molecule has 0 atom stereocenters. The largest absolute Gasteiger partial charge is 0.417 e. The van der Waals surface area contributed by atoms with Crippen molar-refractivity contribution < 1.29 is 13.2 Å². The van der Waals surface area contributed by atoms with Crippen molar-refractivity contribution in [2.24, 2.45) is 0 Å². The van der Waals surface area contributed by atoms with Crippen LogP contribution in [0.5, 0.6) is 0 Å². The molecular formula is C8H3BrF3IN2. The van der Waals surface area contributed by atoms with Gasteiger partial charge in [-0.15, -0.1) is 0 Å². The lowest BCUT2D eigenvalue weighted by Crippen LogP contribution is -2.05. The highest BCUT2D eigenvalue weighted by atomic mass is 127. The summed E-state index contributed by atoms with van der Waals surface area (Å²) >= 11 is 4.83. The summed E-state index contributed by atoms with van der Waals surface area (Å²) in [5, 5.41) is 6.44. The second-order valence-corrected chi connectivity index (χ2v) is 4.88. The molecule has 0 saturated carbocycles. The lowest BCUT2D eigenvalue weighted by molar-refractivity contribution is -0.136. The fourth-order valence-electron chi connectivity index (χ4n) is 1.30. The predicted octanol–water partition coefficient (Wildman–Crippen LogP) is 3.95. The number of halogens is 5. The summed E-state index contributed by atoms with van der Waals surface area (Å²) in [5.74, 6) is 0. The Morgan fingerprint density at radius 3 is 2.60 bits per heavy atom. The van der Waals surface area contributed by atoms with E-state index in [0.717, 1.165) is 6.07 Å². The number of hydrogen-bond acceptors (Lipinski definition) is 1. The lowest BCUT2D eigenvalue weighted by Gasteiger charge is -2.08. The third-order valence-corrected chi connectivity index (χ3v) is 3.12. The van der Waals surface area contributed by atoms with Crippen LogP contribution in [0.3, 0.4) is 0 Å². The van der Waals surface area contributed by atoms with Gasteiger partial charge in [-0.25, -0.2) is 0 Å². The highest BCUT2D eigenvalue weighted by Gasteiger charge is 2.34. The first-order valence-corrected chi connectivity index (χ1v) is 5.67. The van der Waals surface area contributed by atoms with Gasteiger partial charge in [0, 0.05) is 9.86 Å². The molecule has 2 aromatic rings. The van der Waals surface area contributed by atoms with Gasteiger partial charge in [0.25, 0.3) is 0 Å². The smallest absolute Gasteiger partial charge is 0.271 e. The molecule has 1 aromatic heterocycles. The Morgan fingerprint density at radius 1 is 1.33 bits per heavy atom. The minimum absolute atomic E-state index is 0.117. The number of nitrogens with zero attached hydrogens (tertiary/aromatic N) is 1. The molecule has 0 unspecified atom stereocenters. The van der Waals surface area contributed by atoms with E-state index in [9.17, 15) is 13.2 Å². The van der Waals surface area contributed by atoms with E-state index in [1.807, 2.05) is 0 Å². The van der Waals surface area contributed by atoms with Gasteiger partial charge in [-0.3, -0.25) is 5.10 Å². The lowest BCUT2D eigenvalue weighted by atomic mass is 10.1. The molecular weight excluding hydrogens is 388 g/mol. The van der Waals surface area contributed by atoms with Gasteiger partial charge in [-0.1, -0.05) is 15.9 Å². The van der Waals surface area contributed by atoms with Crippen LogP contribution in [0.1, 0.15) is 5.56 Å². The Bertz CT molecular complexity index is 520. The van der Waals surface area contributed by atoms with Crippen LogP contribution in [0.15, 0.2) is 16.6 Å². The Kier molecular flexibility index (Phi) is 2.70. The molecule has 80 valence electrons. The summed E-state index contributed by atoms with van der Waals surface area (Å²) in [7, 11) is 0. The van der Waals surface area contributed by atoms with Crippen LogP contribution < -0.4 is 0 Å². The number of benzene rings is 1. The summed E-state index contributed by atoms with van der Waals surface area (Å²) in [6.07, 6.45) is -4.37. The molecule has 0 aliphatic heterocycles. The topological polar surface area (TPSA) is 28.7 Å². The van der Waals surface area contributed by atoms with Crippen LogP contribution in [0, 0.1) is 3.70 Å². The van der Waals surface area contributed by atoms with E-state index in [-0.39, 0.29) is 5.39 Å². The Hall–Kier alpha value is -0.310. The molecule has 2 rings (SSSR count). The van der Waals surface area contributed by atoms with Gasteiger partial charge in [0.2, 0.25) is 0 Å². The maximum absolute atomic E-state index is 12.7. The van der Waals surface area contributed by atoms with Gasteiger partial charge in [-0.2, -0.15) is 18.3 Å². The second-order valence-electron chi connectivity index (χ2n) is 2.88. The molecule has 2 nitrogen and oxygen atoms in total. The molecule has 1 N–H and O–H groups in total. The molecule has 7 heteroatoms. The molecule has 0 saturated heterocycles. The summed E-state index contributed by atoms with van der Waals surface area (Å²) in [6, 6.07) is 2.60. The number of aromatic amines is 1. The van der Waals surface area contributed by atoms with Crippen molar-refractivity contribution in [2.45, 2.75) is 6.18 Å². The van der Waals surface area contributed by atoms with E-state index in [0.29, 0.717) is 13.7 Å². The Balaban J connectivity index is 2.87. The first-order chi connectivity index (χ1) is 6.89. The van der Waals surface area contributed by atoms with Gasteiger partial charge in [0.15, 0.2) is 0 Å². The van der Waals surface area contributed by atoms with Crippen molar-refractivity contribution >= 4 is 49.4 Å². The third kappa shape index (κ3) is 1.99. The zero-order chi connectivity index (χ0) is 11.2. The standard InChI is InChI=1S/C8H3BrF3IN2/c9-3-1-4(8(10,11)12)6-5(2-3)14-15-7(6)13/h1-2H,(H,14,15). The number of nitrogens with one attached hydrogen (secondary N) is 1. The first-order valence-electron chi connectivity index (χ1n) is 3.80. The quantitative estimate of drug-likeness (QED) is 0.678. The molecule has 0 radical (unpaired) electrons. The van der Waals surface area contributed by atoms with E-state index in [1.165, 1.54) is 0 Å². The minimum Gasteiger partial charge on any atom is -0.271 e. The molecule has 0 bridgehead atoms. The van der Waals surface area contributed by atoms with Gasteiger partial charge < -0.3 is 0 Å². The van der Waals surface area contributed by atoms with Crippen molar-refractivity contribution in [1.29, 1.82) is 0 Å². The van der Waals surface area contributed by atoms with E-state index in [2.05, 4.69) is 26.1 Å². The average Bonchev–Trinajstić information content (AvgIpc) is 2.44. The summed E-state index contributed by atoms with van der Waals surface area (Å²) in [4.78, 5) is 0. The Labute approximate surface area is 105 Å². The predicted molar refractivity (Wildman–Crippen MR) is 61.5 cm³/mol. The number of hydrogen-bond donors (Lipinski definition) is 1. The van der Waals surface area contributed by atoms with Crippen LogP contribution in [0.2, 0.25) is 0 Å². The van der Waals surface area contributed by atoms with Crippen LogP contribution in [-0.2, 0) is 6.18 Å². The SMILES string of the molecule is FC(F)(F)c1cc(Br)cc2n[nH]c(I)c12. The summed E-state index contributed by atoms with van der Waals surface area (Å²) < 4.78 is 38.8. The van der Waals surface area contributed by atoms with Crippen molar-refractivity contribution in [3.05, 3.63) is 25.9 Å². The van der Waals surface area contributed by atoms with Crippen molar-refractivity contribution in [1.82, 2.24) is 10.2 Å². The highest BCUT2D eigenvalue weighted by Crippen LogP contribution is 2.37. The Morgan fingerprint density at radius 2 is 2.00 bits per heavy atom. The first kappa shape index (κ1) is 11.2. The fraction of sp³-hybridized carbons (Fsp3) is 0.125. The number of H-pyrrole nitrogens is 1. The van der Waals surface area contributed by atoms with Gasteiger partial charge in [0.05, 0.1) is 11.1 Å². The van der Waals surface area contributed by atoms with Crippen LogP contribution in [0.4, 0.5) is 13.2 Å². The second kappa shape index (κ2) is 3.62. The van der Waals surface area contributed by atoms with Crippen molar-refractivity contribution in [2.75, 3.05) is 0 Å². The zero-order valence-corrected chi connectivity index (χ0v) is 10.7. The van der Waals surface area contributed by atoms with E-state index in [4.69, 9.17) is 0 Å². The van der Waals surface area contributed by atoms with Gasteiger partial charge in [-0.05, 0) is 34.7 Å². The third-order valence-electron chi connectivity index (χ3n) is 1.88. The minimum atomic E-state index is -4.37. The maximum Gasteiger partial charge on any atom is 0.417 e. The maximum atomic E-state index is 12.7. The van der Waals surface area contributed by atoms with E-state index in [1.54, 1.807) is 28.7 Å². The van der Waals surface area contributed by atoms with Gasteiger partial charge >= 0.3 is 6.18 Å². The number of alkyl halides is 3. The molecule has 0 spiro atoms. The molecule has 15 heavy (non-hydrogen) atoms. The number of fused-ring (bicyclic) bond motifs is 1. The number of rotatable bonds is 0. The molecule has 0 aliphatic carbocycles. The average molecular weight is 391 g/mol. The molecule has 1 aromatic carbocycles.